The van der Waals surface area contributed by atoms with E-state index in [0.29, 0.717) is 32.6 Å². The first kappa shape index (κ1) is 19.6. The Bertz CT molecular complexity index is 749. The maximum Gasteiger partial charge on any atom is 0.419 e. The van der Waals surface area contributed by atoms with Gasteiger partial charge in [0.25, 0.3) is 0 Å². The second kappa shape index (κ2) is 8.27. The Morgan fingerprint density at radius 1 is 1.15 bits per heavy atom. The Balaban J connectivity index is 1.77. The van der Waals surface area contributed by atoms with Crippen LogP contribution < -0.4 is 4.90 Å². The topological polar surface area (TPSA) is 39.6 Å². The van der Waals surface area contributed by atoms with Crippen LogP contribution in [0, 0.1) is 6.92 Å². The summed E-state index contributed by atoms with van der Waals surface area (Å²) in [6.45, 7) is 4.24. The van der Waals surface area contributed by atoms with Crippen LogP contribution in [0.1, 0.15) is 23.1 Å². The highest BCUT2D eigenvalue weighted by Crippen LogP contribution is 2.36. The van der Waals surface area contributed by atoms with Gasteiger partial charge in [0.15, 0.2) is 0 Å². The summed E-state index contributed by atoms with van der Waals surface area (Å²) in [4.78, 5) is 7.93. The maximum absolute atomic E-state index is 13.3. The third-order valence-corrected chi connectivity index (χ3v) is 4.96. The molecule has 0 spiro atoms. The number of aliphatic hydroxyl groups is 1. The first-order valence-electron chi connectivity index (χ1n) is 9.06. The standard InChI is InChI=1S/C20H24F3N3O/c1-15-4-6-16(7-5-15)13-25-10-11-26(14-17(25)8-12-27)19-18(20(21,22)23)3-2-9-24-19/h2-7,9,17,27H,8,10-14H2,1H3/t17-/m0/s1. The van der Waals surface area contributed by atoms with Gasteiger partial charge in [-0.25, -0.2) is 4.98 Å². The number of anilines is 1. The molecule has 4 nitrogen and oxygen atoms in total. The van der Waals surface area contributed by atoms with Crippen molar-refractivity contribution < 1.29 is 18.3 Å². The Morgan fingerprint density at radius 2 is 1.89 bits per heavy atom. The largest absolute Gasteiger partial charge is 0.419 e. The van der Waals surface area contributed by atoms with E-state index in [9.17, 15) is 18.3 Å². The van der Waals surface area contributed by atoms with Gasteiger partial charge in [-0.1, -0.05) is 29.8 Å². The van der Waals surface area contributed by atoms with Crippen LogP contribution in [-0.2, 0) is 12.7 Å². The average molecular weight is 379 g/mol. The van der Waals surface area contributed by atoms with Gasteiger partial charge in [-0.2, -0.15) is 13.2 Å². The summed E-state index contributed by atoms with van der Waals surface area (Å²) in [7, 11) is 0. The van der Waals surface area contributed by atoms with Gasteiger partial charge in [0.05, 0.1) is 5.56 Å². The van der Waals surface area contributed by atoms with Crippen LogP contribution in [0.5, 0.6) is 0 Å². The molecule has 7 heteroatoms. The van der Waals surface area contributed by atoms with Crippen LogP contribution >= 0.6 is 0 Å². The smallest absolute Gasteiger partial charge is 0.396 e. The van der Waals surface area contributed by atoms with Gasteiger partial charge in [-0.15, -0.1) is 0 Å². The Labute approximate surface area is 157 Å². The lowest BCUT2D eigenvalue weighted by atomic mass is 10.1. The summed E-state index contributed by atoms with van der Waals surface area (Å²) in [5.41, 5.74) is 1.64. The molecule has 3 rings (SSSR count). The van der Waals surface area contributed by atoms with E-state index < -0.39 is 11.7 Å². The van der Waals surface area contributed by atoms with Gasteiger partial charge in [0.1, 0.15) is 5.82 Å². The van der Waals surface area contributed by atoms with Crippen LogP contribution in [0.2, 0.25) is 0 Å². The number of benzene rings is 1. The maximum atomic E-state index is 13.3. The Morgan fingerprint density at radius 3 is 2.56 bits per heavy atom. The number of pyridine rings is 1. The Kier molecular flexibility index (Phi) is 6.01. The fraction of sp³-hybridized carbons (Fsp3) is 0.450. The molecule has 2 aromatic rings. The highest BCUT2D eigenvalue weighted by Gasteiger charge is 2.37. The number of nitrogens with zero attached hydrogens (tertiary/aromatic N) is 3. The van der Waals surface area contributed by atoms with E-state index in [1.54, 1.807) is 4.90 Å². The fourth-order valence-electron chi connectivity index (χ4n) is 3.51. The van der Waals surface area contributed by atoms with Gasteiger partial charge in [0.2, 0.25) is 0 Å². The van der Waals surface area contributed by atoms with Gasteiger partial charge in [-0.05, 0) is 31.0 Å². The summed E-state index contributed by atoms with van der Waals surface area (Å²) >= 11 is 0. The van der Waals surface area contributed by atoms with Crippen molar-refractivity contribution in [1.82, 2.24) is 9.88 Å². The summed E-state index contributed by atoms with van der Waals surface area (Å²) in [5.74, 6) is -0.0251. The van der Waals surface area contributed by atoms with E-state index in [2.05, 4.69) is 34.1 Å². The van der Waals surface area contributed by atoms with Gasteiger partial charge in [-0.3, -0.25) is 4.90 Å². The molecule has 1 aromatic carbocycles. The zero-order valence-corrected chi connectivity index (χ0v) is 15.3. The third kappa shape index (κ3) is 4.78. The van der Waals surface area contributed by atoms with Crippen LogP contribution in [0.3, 0.4) is 0 Å². The minimum absolute atomic E-state index is 0.00273. The lowest BCUT2D eigenvalue weighted by molar-refractivity contribution is -0.137. The SMILES string of the molecule is Cc1ccc(CN2CCN(c3ncccc3C(F)(F)F)C[C@@H]2CCO)cc1. The van der Waals surface area contributed by atoms with E-state index in [-0.39, 0.29) is 18.5 Å². The van der Waals surface area contributed by atoms with Crippen molar-refractivity contribution >= 4 is 5.82 Å². The zero-order valence-electron chi connectivity index (χ0n) is 15.3. The number of piperazine rings is 1. The quantitative estimate of drug-likeness (QED) is 0.864. The minimum Gasteiger partial charge on any atom is -0.396 e. The van der Waals surface area contributed by atoms with Crippen molar-refractivity contribution in [3.8, 4) is 0 Å². The highest BCUT2D eigenvalue weighted by molar-refractivity contribution is 5.49. The van der Waals surface area contributed by atoms with Crippen molar-refractivity contribution in [3.63, 3.8) is 0 Å². The molecule has 146 valence electrons. The fourth-order valence-corrected chi connectivity index (χ4v) is 3.51. The number of aromatic nitrogens is 1. The van der Waals surface area contributed by atoms with Gasteiger partial charge in [0, 0.05) is 45.0 Å². The first-order chi connectivity index (χ1) is 12.9. The van der Waals surface area contributed by atoms with Gasteiger partial charge >= 0.3 is 6.18 Å². The molecule has 2 heterocycles. The number of aliphatic hydroxyl groups excluding tert-OH is 1. The molecule has 0 unspecified atom stereocenters. The highest BCUT2D eigenvalue weighted by atomic mass is 19.4. The van der Waals surface area contributed by atoms with Crippen LogP contribution in [-0.4, -0.2) is 47.3 Å². The van der Waals surface area contributed by atoms with Crippen molar-refractivity contribution in [2.45, 2.75) is 32.1 Å². The Hall–Kier alpha value is -2.12. The molecule has 0 saturated carbocycles. The molecule has 1 aromatic heterocycles. The predicted octanol–water partition coefficient (Wildman–Crippen LogP) is 3.48. The molecular weight excluding hydrogens is 355 g/mol. The molecule has 1 aliphatic heterocycles. The first-order valence-corrected chi connectivity index (χ1v) is 9.06. The third-order valence-electron chi connectivity index (χ3n) is 4.96. The molecule has 1 saturated heterocycles. The number of hydrogen-bond acceptors (Lipinski definition) is 4. The van der Waals surface area contributed by atoms with Crippen molar-refractivity contribution in [2.75, 3.05) is 31.1 Å². The molecule has 0 amide bonds. The molecule has 0 radical (unpaired) electrons. The second-order valence-electron chi connectivity index (χ2n) is 6.94. The second-order valence-corrected chi connectivity index (χ2v) is 6.94. The summed E-state index contributed by atoms with van der Waals surface area (Å²) in [6.07, 6.45) is -2.53. The average Bonchev–Trinajstić information content (AvgIpc) is 2.64. The number of alkyl halides is 3. The van der Waals surface area contributed by atoms with Crippen molar-refractivity contribution in [2.24, 2.45) is 0 Å². The van der Waals surface area contributed by atoms with E-state index in [1.807, 2.05) is 6.92 Å². The van der Waals surface area contributed by atoms with E-state index in [1.165, 1.54) is 17.8 Å². The number of rotatable bonds is 5. The molecule has 1 N–H and O–H groups in total. The summed E-state index contributed by atoms with van der Waals surface area (Å²) < 4.78 is 40.0. The normalized spacial score (nSPS) is 18.7. The molecule has 27 heavy (non-hydrogen) atoms. The van der Waals surface area contributed by atoms with E-state index in [4.69, 9.17) is 0 Å². The van der Waals surface area contributed by atoms with Crippen LogP contribution in [0.25, 0.3) is 0 Å². The minimum atomic E-state index is -4.44. The number of hydrogen-bond donors (Lipinski definition) is 1. The van der Waals surface area contributed by atoms with E-state index in [0.717, 1.165) is 11.6 Å². The number of aryl methyl sites for hydroxylation is 1. The van der Waals surface area contributed by atoms with E-state index >= 15 is 0 Å². The molecule has 0 aliphatic carbocycles. The summed E-state index contributed by atoms with van der Waals surface area (Å²) in [5, 5.41) is 9.44. The van der Waals surface area contributed by atoms with Crippen LogP contribution in [0.4, 0.5) is 19.0 Å². The molecule has 1 fully saturated rings. The predicted molar refractivity (Wildman–Crippen MR) is 98.5 cm³/mol. The van der Waals surface area contributed by atoms with Crippen LogP contribution in [0.15, 0.2) is 42.6 Å². The molecule has 0 bridgehead atoms. The molecule has 1 aliphatic rings. The van der Waals surface area contributed by atoms with Crippen molar-refractivity contribution in [1.29, 1.82) is 0 Å². The number of halogens is 3. The van der Waals surface area contributed by atoms with Gasteiger partial charge < -0.3 is 10.0 Å². The monoisotopic (exact) mass is 379 g/mol. The molecular formula is C20H24F3N3O. The van der Waals surface area contributed by atoms with Crippen molar-refractivity contribution in [3.05, 3.63) is 59.3 Å². The lowest BCUT2D eigenvalue weighted by Crippen LogP contribution is -2.53. The lowest BCUT2D eigenvalue weighted by Gasteiger charge is -2.42. The summed E-state index contributed by atoms with van der Waals surface area (Å²) in [6, 6.07) is 10.6. The zero-order chi connectivity index (χ0) is 19.4. The molecule has 1 atom stereocenters.